The van der Waals surface area contributed by atoms with Crippen LogP contribution in [0.15, 0.2) is 36.0 Å². The lowest BCUT2D eigenvalue weighted by Crippen LogP contribution is -2.42. The molecule has 0 saturated carbocycles. The number of hydrogen-bond donors (Lipinski definition) is 1. The summed E-state index contributed by atoms with van der Waals surface area (Å²) in [6, 6.07) is 7.34. The van der Waals surface area contributed by atoms with E-state index >= 15 is 0 Å². The quantitative estimate of drug-likeness (QED) is 0.376. The molecule has 2 heterocycles. The highest BCUT2D eigenvalue weighted by molar-refractivity contribution is 6.62. The minimum atomic E-state index is -1.25. The Morgan fingerprint density at radius 2 is 1.33 bits per heavy atom. The van der Waals surface area contributed by atoms with Gasteiger partial charge >= 0.3 is 19.1 Å². The van der Waals surface area contributed by atoms with Crippen molar-refractivity contribution in [1.82, 2.24) is 0 Å². The number of ether oxygens (including phenoxy) is 2. The maximum Gasteiger partial charge on any atom is 0.494 e. The zero-order valence-electron chi connectivity index (χ0n) is 16.4. The second-order valence-electron chi connectivity index (χ2n) is 8.09. The Morgan fingerprint density at radius 1 is 0.852 bits per heavy atom. The van der Waals surface area contributed by atoms with Crippen molar-refractivity contribution < 1.29 is 28.4 Å². The third-order valence-electron chi connectivity index (χ3n) is 4.94. The standard InChI is InChI=1S/C19H24BNO6/c1-17(2)18(3,4)27-20(26-17)12-7-9-13(10-8-12)21-11-14-15(22)24-19(5,6)25-16(14)23/h7-11,21H,1-6H3. The van der Waals surface area contributed by atoms with E-state index in [2.05, 4.69) is 5.32 Å². The van der Waals surface area contributed by atoms with Gasteiger partial charge in [-0.15, -0.1) is 0 Å². The number of carbonyl (C=O) groups excluding carboxylic acids is 2. The number of benzene rings is 1. The van der Waals surface area contributed by atoms with Gasteiger partial charge in [-0.1, -0.05) is 12.1 Å². The zero-order chi connectivity index (χ0) is 20.0. The Hall–Kier alpha value is -2.32. The SMILES string of the molecule is CC1(C)OC(=O)C(=CNc2ccc(B3OC(C)(C)C(C)(C)O3)cc2)C(=O)O1. The molecule has 0 atom stereocenters. The van der Waals surface area contributed by atoms with Crippen molar-refractivity contribution >= 4 is 30.2 Å². The predicted octanol–water partition coefficient (Wildman–Crippen LogP) is 2.12. The molecule has 0 amide bonds. The fraction of sp³-hybridized carbons (Fsp3) is 0.474. The van der Waals surface area contributed by atoms with Gasteiger partial charge in [0.15, 0.2) is 5.57 Å². The number of carbonyl (C=O) groups is 2. The summed E-state index contributed by atoms with van der Waals surface area (Å²) >= 11 is 0. The number of rotatable bonds is 3. The Balaban J connectivity index is 1.69. The van der Waals surface area contributed by atoms with Gasteiger partial charge in [-0.3, -0.25) is 0 Å². The highest BCUT2D eigenvalue weighted by atomic mass is 16.7. The Kier molecular flexibility index (Phi) is 4.60. The fourth-order valence-electron chi connectivity index (χ4n) is 2.65. The summed E-state index contributed by atoms with van der Waals surface area (Å²) in [5.41, 5.74) is 0.561. The lowest BCUT2D eigenvalue weighted by molar-refractivity contribution is -0.222. The summed E-state index contributed by atoms with van der Waals surface area (Å²) in [6.07, 6.45) is 1.28. The first-order chi connectivity index (χ1) is 12.4. The van der Waals surface area contributed by atoms with Crippen molar-refractivity contribution in [3.8, 4) is 0 Å². The third kappa shape index (κ3) is 3.86. The Bertz CT molecular complexity index is 759. The summed E-state index contributed by atoms with van der Waals surface area (Å²) < 4.78 is 22.1. The number of anilines is 1. The largest absolute Gasteiger partial charge is 0.494 e. The van der Waals surface area contributed by atoms with Gasteiger partial charge in [0.05, 0.1) is 11.2 Å². The summed E-state index contributed by atoms with van der Waals surface area (Å²) in [5.74, 6) is -2.70. The molecule has 0 radical (unpaired) electrons. The zero-order valence-corrected chi connectivity index (χ0v) is 16.4. The van der Waals surface area contributed by atoms with Crippen LogP contribution in [0.1, 0.15) is 41.5 Å². The molecule has 0 bridgehead atoms. The highest BCUT2D eigenvalue weighted by Crippen LogP contribution is 2.36. The summed E-state index contributed by atoms with van der Waals surface area (Å²) in [4.78, 5) is 23.9. The average molecular weight is 373 g/mol. The molecule has 1 aromatic carbocycles. The van der Waals surface area contributed by atoms with E-state index in [0.29, 0.717) is 5.69 Å². The van der Waals surface area contributed by atoms with Crippen molar-refractivity contribution in [3.05, 3.63) is 36.0 Å². The van der Waals surface area contributed by atoms with Crippen molar-refractivity contribution in [2.45, 2.75) is 58.5 Å². The predicted molar refractivity (Wildman–Crippen MR) is 100 cm³/mol. The van der Waals surface area contributed by atoms with Crippen LogP contribution >= 0.6 is 0 Å². The van der Waals surface area contributed by atoms with Gasteiger partial charge in [-0.05, 0) is 45.3 Å². The van der Waals surface area contributed by atoms with E-state index in [-0.39, 0.29) is 5.57 Å². The van der Waals surface area contributed by atoms with Crippen LogP contribution < -0.4 is 10.8 Å². The molecule has 7 nitrogen and oxygen atoms in total. The van der Waals surface area contributed by atoms with Crippen LogP contribution in [0, 0.1) is 0 Å². The van der Waals surface area contributed by atoms with Crippen molar-refractivity contribution in [2.24, 2.45) is 0 Å². The molecule has 2 saturated heterocycles. The van der Waals surface area contributed by atoms with Crippen LogP contribution in [0.5, 0.6) is 0 Å². The molecule has 27 heavy (non-hydrogen) atoms. The second-order valence-corrected chi connectivity index (χ2v) is 8.09. The molecule has 144 valence electrons. The highest BCUT2D eigenvalue weighted by Gasteiger charge is 2.51. The Labute approximate surface area is 159 Å². The smallest absolute Gasteiger partial charge is 0.419 e. The van der Waals surface area contributed by atoms with Gasteiger partial charge < -0.3 is 24.1 Å². The monoisotopic (exact) mass is 373 g/mol. The van der Waals surface area contributed by atoms with Gasteiger partial charge in [0.2, 0.25) is 0 Å². The van der Waals surface area contributed by atoms with E-state index < -0.39 is 36.0 Å². The first-order valence-corrected chi connectivity index (χ1v) is 8.79. The minimum absolute atomic E-state index is 0.190. The first kappa shape index (κ1) is 19.4. The van der Waals surface area contributed by atoms with E-state index in [1.807, 2.05) is 39.8 Å². The van der Waals surface area contributed by atoms with Gasteiger partial charge in [0.25, 0.3) is 5.79 Å². The van der Waals surface area contributed by atoms with Crippen LogP contribution in [-0.4, -0.2) is 36.0 Å². The number of cyclic esters (lactones) is 2. The third-order valence-corrected chi connectivity index (χ3v) is 4.94. The fourth-order valence-corrected chi connectivity index (χ4v) is 2.65. The van der Waals surface area contributed by atoms with Crippen molar-refractivity contribution in [1.29, 1.82) is 0 Å². The lowest BCUT2D eigenvalue weighted by Gasteiger charge is -2.32. The molecular formula is C19H24BNO6. The van der Waals surface area contributed by atoms with E-state index in [9.17, 15) is 9.59 Å². The maximum absolute atomic E-state index is 11.9. The molecule has 1 aromatic rings. The molecule has 2 fully saturated rings. The van der Waals surface area contributed by atoms with E-state index in [1.165, 1.54) is 20.0 Å². The summed E-state index contributed by atoms with van der Waals surface area (Å²) in [6.45, 7) is 11.0. The summed E-state index contributed by atoms with van der Waals surface area (Å²) in [7, 11) is -0.451. The van der Waals surface area contributed by atoms with Gasteiger partial charge in [0.1, 0.15) is 0 Å². The van der Waals surface area contributed by atoms with Crippen LogP contribution in [-0.2, 0) is 28.4 Å². The molecule has 0 aliphatic carbocycles. The van der Waals surface area contributed by atoms with Crippen molar-refractivity contribution in [3.63, 3.8) is 0 Å². The van der Waals surface area contributed by atoms with Crippen LogP contribution in [0.4, 0.5) is 5.69 Å². The molecule has 1 N–H and O–H groups in total. The molecule has 0 spiro atoms. The van der Waals surface area contributed by atoms with Gasteiger partial charge in [-0.2, -0.15) is 0 Å². The molecule has 8 heteroatoms. The average Bonchev–Trinajstić information content (AvgIpc) is 2.74. The molecular weight excluding hydrogens is 349 g/mol. The first-order valence-electron chi connectivity index (χ1n) is 8.79. The Morgan fingerprint density at radius 3 is 1.81 bits per heavy atom. The maximum atomic E-state index is 11.9. The number of hydrogen-bond acceptors (Lipinski definition) is 7. The number of esters is 2. The van der Waals surface area contributed by atoms with Crippen LogP contribution in [0.25, 0.3) is 0 Å². The topological polar surface area (TPSA) is 83.1 Å². The van der Waals surface area contributed by atoms with Crippen molar-refractivity contribution in [2.75, 3.05) is 5.32 Å². The molecule has 2 aliphatic rings. The van der Waals surface area contributed by atoms with Crippen LogP contribution in [0.2, 0.25) is 0 Å². The van der Waals surface area contributed by atoms with Gasteiger partial charge in [0, 0.05) is 25.7 Å². The van der Waals surface area contributed by atoms with E-state index in [4.69, 9.17) is 18.8 Å². The minimum Gasteiger partial charge on any atom is -0.419 e. The molecule has 2 aliphatic heterocycles. The summed E-state index contributed by atoms with van der Waals surface area (Å²) in [5, 5.41) is 2.91. The van der Waals surface area contributed by atoms with E-state index in [0.717, 1.165) is 5.46 Å². The van der Waals surface area contributed by atoms with E-state index in [1.54, 1.807) is 12.1 Å². The molecule has 0 unspecified atom stereocenters. The van der Waals surface area contributed by atoms with Gasteiger partial charge in [-0.25, -0.2) is 9.59 Å². The second kappa shape index (κ2) is 6.39. The molecule has 3 rings (SSSR count). The lowest BCUT2D eigenvalue weighted by atomic mass is 9.79. The number of nitrogens with one attached hydrogen (secondary N) is 1. The van der Waals surface area contributed by atoms with Crippen LogP contribution in [0.3, 0.4) is 0 Å². The molecule has 0 aromatic heterocycles. The normalized spacial score (nSPS) is 22.9.